The molecular formula is C21H23N5. The summed E-state index contributed by atoms with van der Waals surface area (Å²) < 4.78 is 1.90. The third kappa shape index (κ3) is 3.28. The number of allylic oxidation sites excluding steroid dienone is 1. The molecule has 0 atom stereocenters. The molecule has 3 heterocycles. The van der Waals surface area contributed by atoms with Crippen LogP contribution in [0.1, 0.15) is 30.8 Å². The smallest absolute Gasteiger partial charge is 0.174 e. The number of rotatable bonds is 5. The summed E-state index contributed by atoms with van der Waals surface area (Å²) in [7, 11) is 0. The van der Waals surface area contributed by atoms with E-state index in [9.17, 15) is 0 Å². The normalized spacial score (nSPS) is 11.6. The molecular weight excluding hydrogens is 322 g/mol. The Labute approximate surface area is 153 Å². The first-order chi connectivity index (χ1) is 12.7. The number of aromatic nitrogens is 5. The second-order valence-electron chi connectivity index (χ2n) is 6.41. The highest BCUT2D eigenvalue weighted by Crippen LogP contribution is 2.17. The number of imidazole rings is 1. The van der Waals surface area contributed by atoms with E-state index >= 15 is 0 Å². The fraction of sp³-hybridized carbons (Fsp3) is 0.190. The minimum absolute atomic E-state index is 0. The number of H-pyrrole nitrogens is 1. The Balaban J connectivity index is 0.00000210. The first-order valence-corrected chi connectivity index (χ1v) is 8.79. The number of aromatic amines is 1. The monoisotopic (exact) mass is 345 g/mol. The van der Waals surface area contributed by atoms with Crippen LogP contribution in [0.4, 0.5) is 0 Å². The van der Waals surface area contributed by atoms with E-state index in [2.05, 4.69) is 57.3 Å². The van der Waals surface area contributed by atoms with Crippen molar-refractivity contribution in [2.75, 3.05) is 0 Å². The van der Waals surface area contributed by atoms with Crippen molar-refractivity contribution in [2.45, 2.75) is 26.7 Å². The van der Waals surface area contributed by atoms with Gasteiger partial charge in [0.25, 0.3) is 0 Å². The fourth-order valence-electron chi connectivity index (χ4n) is 2.95. The van der Waals surface area contributed by atoms with Gasteiger partial charge in [-0.3, -0.25) is 0 Å². The molecule has 1 aromatic carbocycles. The summed E-state index contributed by atoms with van der Waals surface area (Å²) in [6.07, 6.45) is 7.71. The van der Waals surface area contributed by atoms with Crippen molar-refractivity contribution >= 4 is 11.7 Å². The summed E-state index contributed by atoms with van der Waals surface area (Å²) in [5.41, 5.74) is 5.34. The van der Waals surface area contributed by atoms with Gasteiger partial charge in [0.1, 0.15) is 5.82 Å². The Morgan fingerprint density at radius 3 is 2.77 bits per heavy atom. The molecule has 0 spiro atoms. The highest BCUT2D eigenvalue weighted by Gasteiger charge is 2.06. The van der Waals surface area contributed by atoms with Gasteiger partial charge in [-0.15, -0.1) is 5.10 Å². The summed E-state index contributed by atoms with van der Waals surface area (Å²) in [6.45, 7) is 4.09. The van der Waals surface area contributed by atoms with Crippen LogP contribution in [0.2, 0.25) is 0 Å². The first kappa shape index (κ1) is 16.3. The Kier molecular flexibility index (Phi) is 4.35. The summed E-state index contributed by atoms with van der Waals surface area (Å²) >= 11 is 0. The molecule has 0 aliphatic carbocycles. The van der Waals surface area contributed by atoms with E-state index in [4.69, 9.17) is 0 Å². The Morgan fingerprint density at radius 1 is 1.12 bits per heavy atom. The molecule has 26 heavy (non-hydrogen) atoms. The molecule has 0 fully saturated rings. The van der Waals surface area contributed by atoms with Crippen molar-refractivity contribution in [3.63, 3.8) is 0 Å². The fourth-order valence-corrected chi connectivity index (χ4v) is 2.95. The molecule has 0 saturated heterocycles. The van der Waals surface area contributed by atoms with Gasteiger partial charge in [-0.2, -0.15) is 0 Å². The number of benzene rings is 1. The highest BCUT2D eigenvalue weighted by atomic mass is 15.3. The lowest BCUT2D eigenvalue weighted by Gasteiger charge is -1.98. The molecule has 0 aliphatic heterocycles. The van der Waals surface area contributed by atoms with Gasteiger partial charge in [-0.05, 0) is 43.5 Å². The molecule has 0 saturated carbocycles. The molecule has 0 unspecified atom stereocenters. The average molecular weight is 345 g/mol. The third-order valence-electron chi connectivity index (χ3n) is 4.41. The number of aryl methyl sites for hydroxylation is 3. The zero-order valence-electron chi connectivity index (χ0n) is 15.0. The zero-order chi connectivity index (χ0) is 17.9. The number of nitrogens with one attached hydrogen (secondary N) is 1. The first-order valence-electron chi connectivity index (χ1n) is 8.79. The van der Waals surface area contributed by atoms with Gasteiger partial charge >= 0.3 is 0 Å². The van der Waals surface area contributed by atoms with Crippen molar-refractivity contribution in [2.24, 2.45) is 0 Å². The van der Waals surface area contributed by atoms with Crippen LogP contribution in [-0.4, -0.2) is 24.6 Å². The van der Waals surface area contributed by atoms with Crippen LogP contribution >= 0.6 is 0 Å². The summed E-state index contributed by atoms with van der Waals surface area (Å²) in [4.78, 5) is 12.5. The molecule has 5 nitrogen and oxygen atoms in total. The van der Waals surface area contributed by atoms with E-state index in [-0.39, 0.29) is 1.43 Å². The van der Waals surface area contributed by atoms with Gasteiger partial charge in [0.2, 0.25) is 0 Å². The zero-order valence-corrected chi connectivity index (χ0v) is 15.0. The van der Waals surface area contributed by atoms with Crippen LogP contribution in [0.5, 0.6) is 0 Å². The number of hydrogen-bond donors (Lipinski definition) is 1. The number of nitrogens with zero attached hydrogens (tertiary/aromatic N) is 4. The van der Waals surface area contributed by atoms with E-state index in [0.29, 0.717) is 0 Å². The van der Waals surface area contributed by atoms with Crippen LogP contribution in [0.25, 0.3) is 23.0 Å². The van der Waals surface area contributed by atoms with Gasteiger partial charge in [0, 0.05) is 13.5 Å². The maximum Gasteiger partial charge on any atom is 0.174 e. The van der Waals surface area contributed by atoms with Crippen LogP contribution in [0, 0.1) is 13.8 Å². The molecule has 5 heteroatoms. The van der Waals surface area contributed by atoms with E-state index < -0.39 is 0 Å². The highest BCUT2D eigenvalue weighted by molar-refractivity contribution is 5.58. The number of hydrogen-bond acceptors (Lipinski definition) is 3. The SMILES string of the molecule is Cc1ccc(C)n2nc(/C=C/CCc3ncc(-c4ccccc4)[nH]3)nc12.[HH]. The van der Waals surface area contributed by atoms with Crippen LogP contribution < -0.4 is 0 Å². The largest absolute Gasteiger partial charge is 0.342 e. The van der Waals surface area contributed by atoms with Crippen LogP contribution in [0.3, 0.4) is 0 Å². The predicted molar refractivity (Wildman–Crippen MR) is 106 cm³/mol. The molecule has 3 aromatic heterocycles. The maximum atomic E-state index is 4.60. The van der Waals surface area contributed by atoms with Crippen molar-refractivity contribution in [3.8, 4) is 11.3 Å². The number of fused-ring (bicyclic) bond motifs is 1. The van der Waals surface area contributed by atoms with Crippen molar-refractivity contribution in [1.29, 1.82) is 0 Å². The van der Waals surface area contributed by atoms with E-state index in [1.807, 2.05) is 41.9 Å². The topological polar surface area (TPSA) is 58.9 Å². The lowest BCUT2D eigenvalue weighted by molar-refractivity contribution is 0.900. The molecule has 0 aliphatic rings. The number of pyridine rings is 1. The minimum Gasteiger partial charge on any atom is -0.342 e. The van der Waals surface area contributed by atoms with Crippen LogP contribution in [0.15, 0.2) is 54.7 Å². The molecule has 0 radical (unpaired) electrons. The Bertz CT molecular complexity index is 1020. The van der Waals surface area contributed by atoms with E-state index in [0.717, 1.165) is 52.7 Å². The predicted octanol–water partition coefficient (Wildman–Crippen LogP) is 4.63. The Hall–Kier alpha value is -3.21. The quantitative estimate of drug-likeness (QED) is 0.574. The molecule has 1 N–H and O–H groups in total. The molecule has 132 valence electrons. The average Bonchev–Trinajstić information content (AvgIpc) is 3.31. The Morgan fingerprint density at radius 2 is 1.96 bits per heavy atom. The lowest BCUT2D eigenvalue weighted by Crippen LogP contribution is -1.94. The standard InChI is InChI=1S/C21H21N5.H2/c1-15-12-13-16(2)26-21(15)24-20(25-26)11-7-6-10-19-22-14-18(23-19)17-8-4-3-5-9-17;/h3-5,7-9,11-14H,6,10H2,1-2H3,(H,22,23);1H/b11-7+;. The molecule has 0 amide bonds. The van der Waals surface area contributed by atoms with Crippen molar-refractivity contribution < 1.29 is 1.43 Å². The minimum atomic E-state index is 0. The second-order valence-corrected chi connectivity index (χ2v) is 6.41. The van der Waals surface area contributed by atoms with Gasteiger partial charge in [-0.1, -0.05) is 42.5 Å². The molecule has 0 bridgehead atoms. The van der Waals surface area contributed by atoms with Crippen molar-refractivity contribution in [1.82, 2.24) is 24.6 Å². The van der Waals surface area contributed by atoms with E-state index in [1.165, 1.54) is 0 Å². The third-order valence-corrected chi connectivity index (χ3v) is 4.41. The lowest BCUT2D eigenvalue weighted by atomic mass is 10.2. The molecule has 4 aromatic rings. The van der Waals surface area contributed by atoms with Gasteiger partial charge in [-0.25, -0.2) is 14.5 Å². The summed E-state index contributed by atoms with van der Waals surface area (Å²) in [5, 5.41) is 4.56. The van der Waals surface area contributed by atoms with Gasteiger partial charge in [0.05, 0.1) is 11.9 Å². The summed E-state index contributed by atoms with van der Waals surface area (Å²) in [5.74, 6) is 1.73. The van der Waals surface area contributed by atoms with Gasteiger partial charge < -0.3 is 4.98 Å². The summed E-state index contributed by atoms with van der Waals surface area (Å²) in [6, 6.07) is 14.4. The van der Waals surface area contributed by atoms with Crippen molar-refractivity contribution in [3.05, 3.63) is 77.6 Å². The second kappa shape index (κ2) is 6.96. The molecule has 4 rings (SSSR count). The van der Waals surface area contributed by atoms with Crippen LogP contribution in [-0.2, 0) is 6.42 Å². The maximum absolute atomic E-state index is 4.60. The van der Waals surface area contributed by atoms with E-state index in [1.54, 1.807) is 0 Å². The van der Waals surface area contributed by atoms with Gasteiger partial charge in [0.15, 0.2) is 11.5 Å².